The molecule has 84 valence electrons. The molecule has 1 aliphatic heterocycles. The summed E-state index contributed by atoms with van der Waals surface area (Å²) in [5.41, 5.74) is 0. The van der Waals surface area contributed by atoms with E-state index in [0.29, 0.717) is 0 Å². The minimum absolute atomic E-state index is 0.0542. The van der Waals surface area contributed by atoms with Crippen molar-refractivity contribution in [3.63, 3.8) is 0 Å². The van der Waals surface area contributed by atoms with Crippen LogP contribution < -0.4 is 5.32 Å². The molecule has 0 aromatic rings. The monoisotopic (exact) mass is 221 g/mol. The summed E-state index contributed by atoms with van der Waals surface area (Å²) in [6, 6.07) is -4.05. The van der Waals surface area contributed by atoms with E-state index in [1.807, 2.05) is 0 Å². The van der Waals surface area contributed by atoms with Crippen molar-refractivity contribution in [2.24, 2.45) is 0 Å². The van der Waals surface area contributed by atoms with E-state index in [1.165, 1.54) is 0 Å². The van der Waals surface area contributed by atoms with Crippen molar-refractivity contribution in [2.75, 3.05) is 0 Å². The molecular weight excluding hydrogens is 212 g/mol. The zero-order chi connectivity index (χ0) is 11.0. The third kappa shape index (κ3) is 2.76. The number of halogens is 6. The molecule has 0 aromatic carbocycles. The summed E-state index contributed by atoms with van der Waals surface area (Å²) in [4.78, 5) is 0. The highest BCUT2D eigenvalue weighted by Crippen LogP contribution is 2.33. The van der Waals surface area contributed by atoms with Crippen LogP contribution in [-0.4, -0.2) is 24.4 Å². The van der Waals surface area contributed by atoms with E-state index in [9.17, 15) is 26.3 Å². The molecule has 0 radical (unpaired) electrons. The summed E-state index contributed by atoms with van der Waals surface area (Å²) < 4.78 is 72.4. The van der Waals surface area contributed by atoms with Crippen LogP contribution in [0.25, 0.3) is 0 Å². The normalized spacial score (nSPS) is 30.4. The molecule has 1 saturated heterocycles. The smallest absolute Gasteiger partial charge is 0.295 e. The van der Waals surface area contributed by atoms with E-state index in [2.05, 4.69) is 0 Å². The Morgan fingerprint density at radius 2 is 1.14 bits per heavy atom. The van der Waals surface area contributed by atoms with Crippen molar-refractivity contribution in [1.29, 1.82) is 0 Å². The van der Waals surface area contributed by atoms with Gasteiger partial charge in [0.2, 0.25) is 0 Å². The van der Waals surface area contributed by atoms with Crippen LogP contribution >= 0.6 is 0 Å². The molecule has 0 saturated carbocycles. The third-order valence-corrected chi connectivity index (χ3v) is 2.18. The minimum Gasteiger partial charge on any atom is -0.295 e. The van der Waals surface area contributed by atoms with Crippen molar-refractivity contribution in [1.82, 2.24) is 5.32 Å². The largest absolute Gasteiger partial charge is 0.403 e. The van der Waals surface area contributed by atoms with Gasteiger partial charge in [-0.15, -0.1) is 0 Å². The van der Waals surface area contributed by atoms with E-state index in [-0.39, 0.29) is 19.3 Å². The molecule has 1 aliphatic rings. The molecule has 2 atom stereocenters. The highest BCUT2D eigenvalue weighted by atomic mass is 19.4. The first kappa shape index (κ1) is 11.6. The van der Waals surface area contributed by atoms with E-state index in [4.69, 9.17) is 0 Å². The van der Waals surface area contributed by atoms with Gasteiger partial charge in [0.1, 0.15) is 12.1 Å². The topological polar surface area (TPSA) is 12.0 Å². The van der Waals surface area contributed by atoms with E-state index < -0.39 is 24.4 Å². The standard InChI is InChI=1S/C7H9F6N/c8-6(9,10)4-2-1-3-5(14-4)7(11,12)13/h4-5,14H,1-3H2. The van der Waals surface area contributed by atoms with Crippen molar-refractivity contribution >= 4 is 0 Å². The van der Waals surface area contributed by atoms with Crippen LogP contribution in [0.15, 0.2) is 0 Å². The lowest BCUT2D eigenvalue weighted by Crippen LogP contribution is -2.55. The van der Waals surface area contributed by atoms with Gasteiger partial charge in [-0.25, -0.2) is 0 Å². The Morgan fingerprint density at radius 3 is 1.43 bits per heavy atom. The predicted octanol–water partition coefficient (Wildman–Crippen LogP) is 2.62. The summed E-state index contributed by atoms with van der Waals surface area (Å²) >= 11 is 0. The van der Waals surface area contributed by atoms with E-state index in [0.717, 1.165) is 0 Å². The molecule has 1 rings (SSSR count). The number of rotatable bonds is 0. The molecule has 0 aromatic heterocycles. The zero-order valence-electron chi connectivity index (χ0n) is 7.04. The van der Waals surface area contributed by atoms with Gasteiger partial charge in [-0.05, 0) is 19.3 Å². The van der Waals surface area contributed by atoms with Crippen LogP contribution in [0.4, 0.5) is 26.3 Å². The molecule has 0 aliphatic carbocycles. The summed E-state index contributed by atoms with van der Waals surface area (Å²) in [7, 11) is 0. The van der Waals surface area contributed by atoms with E-state index in [1.54, 1.807) is 5.32 Å². The summed E-state index contributed by atoms with van der Waals surface area (Å²) in [6.45, 7) is 0. The Kier molecular flexibility index (Phi) is 2.99. The van der Waals surface area contributed by atoms with Gasteiger partial charge >= 0.3 is 12.4 Å². The molecular formula is C7H9F6N. The molecule has 1 fully saturated rings. The van der Waals surface area contributed by atoms with Gasteiger partial charge < -0.3 is 0 Å². The van der Waals surface area contributed by atoms with Gasteiger partial charge in [0.25, 0.3) is 0 Å². The predicted molar refractivity (Wildman–Crippen MR) is 36.7 cm³/mol. The zero-order valence-corrected chi connectivity index (χ0v) is 7.04. The summed E-state index contributed by atoms with van der Waals surface area (Å²) in [5.74, 6) is 0. The average Bonchev–Trinajstić information content (AvgIpc) is 2.01. The molecule has 1 N–H and O–H groups in total. The highest BCUT2D eigenvalue weighted by molar-refractivity contribution is 4.88. The first-order valence-corrected chi connectivity index (χ1v) is 4.11. The first-order valence-electron chi connectivity index (χ1n) is 4.11. The average molecular weight is 221 g/mol. The van der Waals surface area contributed by atoms with Crippen molar-refractivity contribution in [3.05, 3.63) is 0 Å². The van der Waals surface area contributed by atoms with Crippen LogP contribution in [0.5, 0.6) is 0 Å². The third-order valence-electron chi connectivity index (χ3n) is 2.18. The minimum atomic E-state index is -4.59. The van der Waals surface area contributed by atoms with Crippen molar-refractivity contribution < 1.29 is 26.3 Å². The quantitative estimate of drug-likeness (QED) is 0.620. The van der Waals surface area contributed by atoms with Gasteiger partial charge in [-0.3, -0.25) is 5.32 Å². The molecule has 0 amide bonds. The molecule has 1 nitrogen and oxygen atoms in total. The Balaban J connectivity index is 2.61. The maximum absolute atomic E-state index is 12.1. The Hall–Kier alpha value is -0.460. The lowest BCUT2D eigenvalue weighted by atomic mass is 9.98. The number of nitrogens with one attached hydrogen (secondary N) is 1. The second kappa shape index (κ2) is 3.60. The SMILES string of the molecule is FC(F)(F)C1CCCC(C(F)(F)F)N1. The van der Waals surface area contributed by atoms with Gasteiger partial charge in [0.05, 0.1) is 0 Å². The molecule has 14 heavy (non-hydrogen) atoms. The number of hydrogen-bond donors (Lipinski definition) is 1. The molecule has 1 heterocycles. The fraction of sp³-hybridized carbons (Fsp3) is 1.00. The van der Waals surface area contributed by atoms with Gasteiger partial charge in [0, 0.05) is 0 Å². The lowest BCUT2D eigenvalue weighted by molar-refractivity contribution is -0.197. The molecule has 0 spiro atoms. The number of piperidine rings is 1. The maximum Gasteiger partial charge on any atom is 0.403 e. The molecule has 2 unspecified atom stereocenters. The van der Waals surface area contributed by atoms with Crippen LogP contribution in [-0.2, 0) is 0 Å². The second-order valence-corrected chi connectivity index (χ2v) is 3.29. The van der Waals surface area contributed by atoms with E-state index >= 15 is 0 Å². The summed E-state index contributed by atoms with van der Waals surface area (Å²) in [6.07, 6.45) is -9.80. The van der Waals surface area contributed by atoms with Gasteiger partial charge in [-0.1, -0.05) is 0 Å². The lowest BCUT2D eigenvalue weighted by Gasteiger charge is -2.33. The fourth-order valence-corrected chi connectivity index (χ4v) is 1.45. The van der Waals surface area contributed by atoms with Crippen molar-refractivity contribution in [3.8, 4) is 0 Å². The maximum atomic E-state index is 12.1. The van der Waals surface area contributed by atoms with Crippen LogP contribution in [0.1, 0.15) is 19.3 Å². The van der Waals surface area contributed by atoms with Crippen LogP contribution in [0.2, 0.25) is 0 Å². The van der Waals surface area contributed by atoms with Crippen LogP contribution in [0.3, 0.4) is 0 Å². The Morgan fingerprint density at radius 1 is 0.786 bits per heavy atom. The molecule has 0 bridgehead atoms. The highest BCUT2D eigenvalue weighted by Gasteiger charge is 2.48. The Bertz CT molecular complexity index is 175. The molecule has 7 heteroatoms. The second-order valence-electron chi connectivity index (χ2n) is 3.29. The van der Waals surface area contributed by atoms with Gasteiger partial charge in [0.15, 0.2) is 0 Å². The van der Waals surface area contributed by atoms with Crippen LogP contribution in [0, 0.1) is 0 Å². The first-order chi connectivity index (χ1) is 6.21. The number of alkyl halides is 6. The number of hydrogen-bond acceptors (Lipinski definition) is 1. The fourth-order valence-electron chi connectivity index (χ4n) is 1.45. The van der Waals surface area contributed by atoms with Gasteiger partial charge in [-0.2, -0.15) is 26.3 Å². The Labute approximate surface area is 76.5 Å². The summed E-state index contributed by atoms with van der Waals surface area (Å²) in [5, 5.41) is 1.58. The van der Waals surface area contributed by atoms with Crippen molar-refractivity contribution in [2.45, 2.75) is 43.7 Å².